The van der Waals surface area contributed by atoms with Crippen molar-refractivity contribution in [2.45, 2.75) is 0 Å². The van der Waals surface area contributed by atoms with Crippen LogP contribution in [0.4, 0.5) is 5.69 Å². The number of nitrogen functional groups attached to an aromatic ring is 1. The van der Waals surface area contributed by atoms with Gasteiger partial charge in [0.15, 0.2) is 0 Å². The number of hydrogen-bond acceptors (Lipinski definition) is 3. The van der Waals surface area contributed by atoms with E-state index in [0.29, 0.717) is 22.4 Å². The number of hydroxylamine groups is 1. The third-order valence-corrected chi connectivity index (χ3v) is 2.95. The maximum absolute atomic E-state index is 11.4. The van der Waals surface area contributed by atoms with Crippen LogP contribution in [0.2, 0.25) is 0 Å². The molecular formula is C14H11N2O3+. The Morgan fingerprint density at radius 1 is 1.05 bits per heavy atom. The maximum Gasteiger partial charge on any atom is 0.362 e. The molecule has 0 bridgehead atoms. The first-order valence-electron chi connectivity index (χ1n) is 5.68. The molecule has 0 radical (unpaired) electrons. The van der Waals surface area contributed by atoms with Crippen molar-refractivity contribution in [1.82, 2.24) is 5.48 Å². The number of nitrogens with one attached hydrogen (secondary N) is 1. The summed E-state index contributed by atoms with van der Waals surface area (Å²) < 4.78 is 5.72. The van der Waals surface area contributed by atoms with E-state index in [9.17, 15) is 4.79 Å². The lowest BCUT2D eigenvalue weighted by atomic mass is 10.1. The number of nitrogens with two attached hydrogens (primary N) is 1. The zero-order valence-electron chi connectivity index (χ0n) is 9.88. The highest BCUT2D eigenvalue weighted by Crippen LogP contribution is 2.25. The number of hydrogen-bond donors (Lipinski definition) is 3. The summed E-state index contributed by atoms with van der Waals surface area (Å²) in [6.45, 7) is 0. The first-order chi connectivity index (χ1) is 9.17. The first kappa shape index (κ1) is 11.4. The molecule has 0 spiro atoms. The van der Waals surface area contributed by atoms with Crippen molar-refractivity contribution in [3.63, 3.8) is 0 Å². The minimum Gasteiger partial charge on any atom is -0.398 e. The van der Waals surface area contributed by atoms with Crippen molar-refractivity contribution in [2.24, 2.45) is 0 Å². The van der Waals surface area contributed by atoms with Crippen LogP contribution in [0.25, 0.3) is 21.9 Å². The number of amides is 1. The van der Waals surface area contributed by atoms with Gasteiger partial charge < -0.3 is 5.73 Å². The van der Waals surface area contributed by atoms with Crippen LogP contribution < -0.4 is 11.2 Å². The highest BCUT2D eigenvalue weighted by Gasteiger charge is 2.15. The van der Waals surface area contributed by atoms with E-state index in [4.69, 9.17) is 15.4 Å². The largest absolute Gasteiger partial charge is 0.398 e. The van der Waals surface area contributed by atoms with Crippen LogP contribution in [0, 0.1) is 0 Å². The molecule has 0 saturated carbocycles. The third kappa shape index (κ3) is 1.96. The lowest BCUT2D eigenvalue weighted by molar-refractivity contribution is 0.0706. The van der Waals surface area contributed by atoms with Gasteiger partial charge in [-0.3, -0.25) is 10.0 Å². The first-order valence-corrected chi connectivity index (χ1v) is 5.68. The number of carbonyl (C=O) groups is 1. The van der Waals surface area contributed by atoms with Gasteiger partial charge in [-0.05, 0) is 30.3 Å². The molecular weight excluding hydrogens is 244 g/mol. The average Bonchev–Trinajstić information content (AvgIpc) is 2.43. The van der Waals surface area contributed by atoms with Crippen molar-refractivity contribution in [1.29, 1.82) is 0 Å². The van der Waals surface area contributed by atoms with Gasteiger partial charge in [-0.2, -0.15) is 0 Å². The summed E-state index contributed by atoms with van der Waals surface area (Å²) in [6.07, 6.45) is 0. The molecule has 1 heterocycles. The molecule has 3 rings (SSSR count). The molecule has 0 aliphatic carbocycles. The monoisotopic (exact) mass is 255 g/mol. The molecule has 2 aromatic carbocycles. The minimum absolute atomic E-state index is 0.321. The smallest absolute Gasteiger partial charge is 0.362 e. The molecule has 0 aliphatic rings. The minimum atomic E-state index is -0.579. The van der Waals surface area contributed by atoms with Gasteiger partial charge in [0, 0.05) is 5.69 Å². The van der Waals surface area contributed by atoms with E-state index in [1.807, 2.05) is 12.1 Å². The zero-order chi connectivity index (χ0) is 13.4. The fourth-order valence-electron chi connectivity index (χ4n) is 1.99. The van der Waals surface area contributed by atoms with Crippen LogP contribution in [0.15, 0.2) is 46.9 Å². The topological polar surface area (TPSA) is 86.7 Å². The average molecular weight is 255 g/mol. The second kappa shape index (κ2) is 4.22. The predicted molar refractivity (Wildman–Crippen MR) is 71.8 cm³/mol. The molecule has 0 saturated heterocycles. The number of anilines is 1. The van der Waals surface area contributed by atoms with Crippen LogP contribution in [0.5, 0.6) is 0 Å². The van der Waals surface area contributed by atoms with Gasteiger partial charge in [0.05, 0.1) is 28.5 Å². The molecule has 1 amide bonds. The molecule has 0 aliphatic heterocycles. The zero-order valence-corrected chi connectivity index (χ0v) is 9.88. The van der Waals surface area contributed by atoms with Crippen LogP contribution in [-0.4, -0.2) is 11.1 Å². The van der Waals surface area contributed by atoms with Gasteiger partial charge in [0.2, 0.25) is 0 Å². The molecule has 1 aromatic heterocycles. The standard InChI is InChI=1S/C14H10N2O3/c15-11-4-3-9-5-8-1-2-10(14(17)16-18)6-12(8)19-13(9)7-11/h1-7H,15H2,(H-,16,17,18)/p+1. The molecule has 94 valence electrons. The normalized spacial score (nSPS) is 10.8. The summed E-state index contributed by atoms with van der Waals surface area (Å²) in [7, 11) is 0. The summed E-state index contributed by atoms with van der Waals surface area (Å²) in [6, 6.07) is 12.3. The van der Waals surface area contributed by atoms with Crippen molar-refractivity contribution in [3.8, 4) is 0 Å². The van der Waals surface area contributed by atoms with Crippen LogP contribution >= 0.6 is 0 Å². The van der Waals surface area contributed by atoms with E-state index in [2.05, 4.69) is 0 Å². The van der Waals surface area contributed by atoms with E-state index < -0.39 is 5.91 Å². The van der Waals surface area contributed by atoms with Crippen LogP contribution in [0.3, 0.4) is 0 Å². The van der Waals surface area contributed by atoms with Crippen LogP contribution in [-0.2, 0) is 0 Å². The highest BCUT2D eigenvalue weighted by atomic mass is 16.5. The van der Waals surface area contributed by atoms with Crippen molar-refractivity contribution in [2.75, 3.05) is 5.73 Å². The number of fused-ring (bicyclic) bond motifs is 2. The number of rotatable bonds is 1. The van der Waals surface area contributed by atoms with E-state index in [1.165, 1.54) is 0 Å². The van der Waals surface area contributed by atoms with Gasteiger partial charge in [-0.1, -0.05) is 0 Å². The maximum atomic E-state index is 11.4. The molecule has 4 N–H and O–H groups in total. The van der Waals surface area contributed by atoms with Crippen molar-refractivity contribution in [3.05, 3.63) is 48.0 Å². The summed E-state index contributed by atoms with van der Waals surface area (Å²) in [4.78, 5) is 11.4. The Bertz CT molecular complexity index is 799. The van der Waals surface area contributed by atoms with Gasteiger partial charge in [0.25, 0.3) is 5.91 Å². The lowest BCUT2D eigenvalue weighted by Gasteiger charge is -1.97. The van der Waals surface area contributed by atoms with E-state index in [-0.39, 0.29) is 0 Å². The summed E-state index contributed by atoms with van der Waals surface area (Å²) in [5, 5.41) is 10.4. The SMILES string of the molecule is Nc1ccc2cc3ccc(C(=O)NO)cc3[o+]c2c1. The number of benzene rings is 2. The number of carbonyl (C=O) groups excluding carboxylic acids is 1. The Kier molecular flexibility index (Phi) is 2.54. The highest BCUT2D eigenvalue weighted by molar-refractivity contribution is 5.98. The summed E-state index contributed by atoms with van der Waals surface area (Å²) in [5.74, 6) is -0.579. The molecule has 3 aromatic rings. The second-order valence-corrected chi connectivity index (χ2v) is 4.24. The molecule has 0 fully saturated rings. The van der Waals surface area contributed by atoms with Gasteiger partial charge in [0.1, 0.15) is 0 Å². The molecule has 19 heavy (non-hydrogen) atoms. The Labute approximate surface area is 108 Å². The van der Waals surface area contributed by atoms with Crippen molar-refractivity contribution >= 4 is 33.5 Å². The third-order valence-electron chi connectivity index (χ3n) is 2.95. The molecule has 5 heteroatoms. The quantitative estimate of drug-likeness (QED) is 0.205. The van der Waals surface area contributed by atoms with Gasteiger partial charge >= 0.3 is 11.2 Å². The second-order valence-electron chi connectivity index (χ2n) is 4.24. The Balaban J connectivity index is 2.27. The Morgan fingerprint density at radius 2 is 1.74 bits per heavy atom. The summed E-state index contributed by atoms with van der Waals surface area (Å²) in [5.41, 5.74) is 9.44. The van der Waals surface area contributed by atoms with E-state index in [0.717, 1.165) is 10.8 Å². The van der Waals surface area contributed by atoms with Crippen LogP contribution in [0.1, 0.15) is 10.4 Å². The molecule has 0 unspecified atom stereocenters. The Hall–Kier alpha value is -2.66. The Morgan fingerprint density at radius 3 is 2.47 bits per heavy atom. The van der Waals surface area contributed by atoms with Gasteiger partial charge in [-0.25, -0.2) is 9.90 Å². The molecule has 0 atom stereocenters. The fourth-order valence-corrected chi connectivity index (χ4v) is 1.99. The summed E-state index contributed by atoms with van der Waals surface area (Å²) >= 11 is 0. The fraction of sp³-hybridized carbons (Fsp3) is 0. The molecule has 5 nitrogen and oxygen atoms in total. The van der Waals surface area contributed by atoms with Crippen molar-refractivity contribution < 1.29 is 14.4 Å². The predicted octanol–water partition coefficient (Wildman–Crippen LogP) is 2.57. The van der Waals surface area contributed by atoms with Gasteiger partial charge in [-0.15, -0.1) is 0 Å². The van der Waals surface area contributed by atoms with E-state index >= 15 is 0 Å². The lowest BCUT2D eigenvalue weighted by Crippen LogP contribution is -2.18. The van der Waals surface area contributed by atoms with E-state index in [1.54, 1.807) is 35.8 Å².